The van der Waals surface area contributed by atoms with Crippen molar-refractivity contribution in [3.63, 3.8) is 0 Å². The number of benzene rings is 2. The van der Waals surface area contributed by atoms with Crippen molar-refractivity contribution in [2.75, 3.05) is 5.75 Å². The van der Waals surface area contributed by atoms with E-state index in [4.69, 9.17) is 0 Å². The molecule has 21 heavy (non-hydrogen) atoms. The van der Waals surface area contributed by atoms with E-state index in [1.165, 1.54) is 32.7 Å². The molecule has 2 aromatic rings. The molecular weight excluding hydrogens is 276 g/mol. The van der Waals surface area contributed by atoms with E-state index in [1.807, 2.05) is 0 Å². The van der Waals surface area contributed by atoms with Gasteiger partial charge in [-0.15, -0.1) is 11.8 Å². The number of hydrogen-bond donors (Lipinski definition) is 1. The zero-order chi connectivity index (χ0) is 15.4. The first-order chi connectivity index (χ1) is 9.97. The fraction of sp³-hybridized carbons (Fsp3) is 0.368. The first-order valence-corrected chi connectivity index (χ1v) is 8.39. The Balaban J connectivity index is 1.99. The molecule has 0 saturated heterocycles. The minimum absolute atomic E-state index is 0.310. The first-order valence-electron chi connectivity index (χ1n) is 7.40. The van der Waals surface area contributed by atoms with E-state index >= 15 is 0 Å². The quantitative estimate of drug-likeness (QED) is 0.813. The Hall–Kier alpha value is -1.25. The van der Waals surface area contributed by atoms with Crippen molar-refractivity contribution in [1.82, 2.24) is 0 Å². The number of hydrogen-bond acceptors (Lipinski definition) is 2. The first kappa shape index (κ1) is 16.1. The second-order valence-electron chi connectivity index (χ2n) is 5.81. The molecule has 0 aliphatic heterocycles. The molecule has 0 aliphatic rings. The van der Waals surface area contributed by atoms with Crippen molar-refractivity contribution in [2.24, 2.45) is 0 Å². The van der Waals surface area contributed by atoms with Gasteiger partial charge in [-0.2, -0.15) is 0 Å². The van der Waals surface area contributed by atoms with Crippen molar-refractivity contribution >= 4 is 11.8 Å². The molecular formula is C19H24OS. The topological polar surface area (TPSA) is 20.2 Å². The van der Waals surface area contributed by atoms with Crippen LogP contribution in [0, 0.1) is 27.7 Å². The second kappa shape index (κ2) is 7.15. The minimum atomic E-state index is -0.310. The molecule has 1 unspecified atom stereocenters. The Morgan fingerprint density at radius 1 is 0.952 bits per heavy atom. The molecule has 2 aromatic carbocycles. The predicted octanol–water partition coefficient (Wildman–Crippen LogP) is 4.62. The second-order valence-corrected chi connectivity index (χ2v) is 6.87. The van der Waals surface area contributed by atoms with E-state index in [9.17, 15) is 5.11 Å². The van der Waals surface area contributed by atoms with Crippen molar-refractivity contribution in [3.05, 3.63) is 64.2 Å². The average molecular weight is 300 g/mol. The van der Waals surface area contributed by atoms with Crippen molar-refractivity contribution in [2.45, 2.75) is 45.1 Å². The summed E-state index contributed by atoms with van der Waals surface area (Å²) in [5.41, 5.74) is 6.42. The number of thioether (sulfide) groups is 1. The maximum atomic E-state index is 10.4. The highest BCUT2D eigenvalue weighted by molar-refractivity contribution is 7.99. The summed E-state index contributed by atoms with van der Waals surface area (Å²) < 4.78 is 0. The predicted molar refractivity (Wildman–Crippen MR) is 92.3 cm³/mol. The summed E-state index contributed by atoms with van der Waals surface area (Å²) in [6, 6.07) is 12.7. The van der Waals surface area contributed by atoms with Gasteiger partial charge in [-0.3, -0.25) is 0 Å². The molecule has 2 heteroatoms. The van der Waals surface area contributed by atoms with Gasteiger partial charge in [0, 0.05) is 10.6 Å². The number of aliphatic hydroxyl groups is 1. The fourth-order valence-electron chi connectivity index (χ4n) is 2.73. The smallest absolute Gasteiger partial charge is 0.0674 e. The van der Waals surface area contributed by atoms with E-state index in [0.717, 1.165) is 12.2 Å². The monoisotopic (exact) mass is 300 g/mol. The molecule has 0 amide bonds. The fourth-order valence-corrected chi connectivity index (χ4v) is 3.69. The zero-order valence-electron chi connectivity index (χ0n) is 13.3. The molecule has 1 nitrogen and oxygen atoms in total. The minimum Gasteiger partial charge on any atom is -0.392 e. The summed E-state index contributed by atoms with van der Waals surface area (Å²) in [6.07, 6.45) is 0.423. The molecule has 2 rings (SSSR count). The van der Waals surface area contributed by atoms with Crippen LogP contribution >= 0.6 is 11.8 Å². The van der Waals surface area contributed by atoms with E-state index in [-0.39, 0.29) is 6.10 Å². The summed E-state index contributed by atoms with van der Waals surface area (Å²) in [6.45, 7) is 8.50. The molecule has 0 aliphatic carbocycles. The zero-order valence-corrected chi connectivity index (χ0v) is 14.1. The van der Waals surface area contributed by atoms with Crippen LogP contribution in [0.2, 0.25) is 0 Å². The van der Waals surface area contributed by atoms with Crippen LogP contribution in [0.1, 0.15) is 27.8 Å². The molecule has 0 heterocycles. The lowest BCUT2D eigenvalue weighted by Crippen LogP contribution is -2.15. The molecule has 0 bridgehead atoms. The van der Waals surface area contributed by atoms with Gasteiger partial charge in [0.25, 0.3) is 0 Å². The van der Waals surface area contributed by atoms with Crippen LogP contribution in [0.15, 0.2) is 41.3 Å². The summed E-state index contributed by atoms with van der Waals surface area (Å²) >= 11 is 1.74. The molecule has 0 radical (unpaired) electrons. The number of aliphatic hydroxyl groups excluding tert-OH is 1. The average Bonchev–Trinajstić information content (AvgIpc) is 2.42. The normalized spacial score (nSPS) is 12.4. The van der Waals surface area contributed by atoms with Gasteiger partial charge < -0.3 is 5.11 Å². The third-order valence-corrected chi connectivity index (χ3v) is 5.13. The van der Waals surface area contributed by atoms with Crippen LogP contribution in [0.3, 0.4) is 0 Å². The molecule has 1 N–H and O–H groups in total. The van der Waals surface area contributed by atoms with Crippen LogP contribution in [0.25, 0.3) is 0 Å². The molecule has 0 aromatic heterocycles. The van der Waals surface area contributed by atoms with Crippen molar-refractivity contribution < 1.29 is 5.11 Å². The number of aryl methyl sites for hydroxylation is 4. The van der Waals surface area contributed by atoms with Crippen LogP contribution in [-0.2, 0) is 6.42 Å². The van der Waals surface area contributed by atoms with Crippen molar-refractivity contribution in [3.8, 4) is 0 Å². The van der Waals surface area contributed by atoms with Crippen LogP contribution in [0.5, 0.6) is 0 Å². The summed E-state index contributed by atoms with van der Waals surface area (Å²) in [7, 11) is 0. The lowest BCUT2D eigenvalue weighted by atomic mass is 9.96. The van der Waals surface area contributed by atoms with Crippen molar-refractivity contribution in [1.29, 1.82) is 0 Å². The third kappa shape index (κ3) is 4.36. The van der Waals surface area contributed by atoms with E-state index in [0.29, 0.717) is 0 Å². The van der Waals surface area contributed by atoms with E-state index in [2.05, 4.69) is 64.1 Å². The summed E-state index contributed by atoms with van der Waals surface area (Å²) in [4.78, 5) is 1.26. The maximum Gasteiger partial charge on any atom is 0.0674 e. The lowest BCUT2D eigenvalue weighted by Gasteiger charge is -2.16. The van der Waals surface area contributed by atoms with Gasteiger partial charge in [0.1, 0.15) is 0 Å². The van der Waals surface area contributed by atoms with Gasteiger partial charge in [0.15, 0.2) is 0 Å². The highest BCUT2D eigenvalue weighted by Gasteiger charge is 2.11. The Morgan fingerprint density at radius 2 is 1.57 bits per heavy atom. The highest BCUT2D eigenvalue weighted by Crippen LogP contribution is 2.24. The van der Waals surface area contributed by atoms with Crippen LogP contribution < -0.4 is 0 Å². The largest absolute Gasteiger partial charge is 0.392 e. The van der Waals surface area contributed by atoms with Gasteiger partial charge in [-0.25, -0.2) is 0 Å². The van der Waals surface area contributed by atoms with Gasteiger partial charge in [0.2, 0.25) is 0 Å². The van der Waals surface area contributed by atoms with Gasteiger partial charge in [-0.05, 0) is 62.4 Å². The SMILES string of the molecule is Cc1cc(C)c(CC(O)CSc2ccccc2C)c(C)c1. The maximum absolute atomic E-state index is 10.4. The van der Waals surface area contributed by atoms with E-state index in [1.54, 1.807) is 11.8 Å². The van der Waals surface area contributed by atoms with Crippen LogP contribution in [0.4, 0.5) is 0 Å². The Kier molecular flexibility index (Phi) is 5.49. The van der Waals surface area contributed by atoms with E-state index < -0.39 is 0 Å². The highest BCUT2D eigenvalue weighted by atomic mass is 32.2. The van der Waals surface area contributed by atoms with Crippen LogP contribution in [-0.4, -0.2) is 17.0 Å². The molecule has 112 valence electrons. The molecule has 0 fully saturated rings. The van der Waals surface area contributed by atoms with Gasteiger partial charge >= 0.3 is 0 Å². The van der Waals surface area contributed by atoms with Gasteiger partial charge in [0.05, 0.1) is 6.10 Å². The summed E-state index contributed by atoms with van der Waals surface area (Å²) in [5.74, 6) is 0.734. The molecule has 0 saturated carbocycles. The standard InChI is InChI=1S/C19H24OS/c1-13-9-15(3)18(16(4)10-13)11-17(20)12-21-19-8-6-5-7-14(19)2/h5-10,17,20H,11-12H2,1-4H3. The number of rotatable bonds is 5. The lowest BCUT2D eigenvalue weighted by molar-refractivity contribution is 0.199. The van der Waals surface area contributed by atoms with Gasteiger partial charge in [-0.1, -0.05) is 35.9 Å². The Labute approximate surface area is 132 Å². The Bertz CT molecular complexity index is 596. The molecule has 1 atom stereocenters. The summed E-state index contributed by atoms with van der Waals surface area (Å²) in [5, 5.41) is 10.4. The Morgan fingerprint density at radius 3 is 2.19 bits per heavy atom. The molecule has 0 spiro atoms. The third-order valence-electron chi connectivity index (χ3n) is 3.80.